The number of nitrogens with zero attached hydrogens (tertiary/aromatic N) is 2. The van der Waals surface area contributed by atoms with E-state index < -0.39 is 11.1 Å². The van der Waals surface area contributed by atoms with E-state index in [1.54, 1.807) is 29.2 Å². The van der Waals surface area contributed by atoms with Crippen molar-refractivity contribution in [2.24, 2.45) is 10.7 Å². The van der Waals surface area contributed by atoms with Gasteiger partial charge in [-0.2, -0.15) is 0 Å². The lowest BCUT2D eigenvalue weighted by Crippen LogP contribution is -2.58. The van der Waals surface area contributed by atoms with Gasteiger partial charge in [-0.3, -0.25) is 9.79 Å². The number of thioether (sulfide) groups is 1. The normalized spacial score (nSPS) is 29.8. The first-order chi connectivity index (χ1) is 17.3. The molecule has 2 unspecified atom stereocenters. The molecule has 6 nitrogen and oxygen atoms in total. The van der Waals surface area contributed by atoms with Gasteiger partial charge in [-0.15, -0.1) is 11.3 Å². The smallest absolute Gasteiger partial charge is 0.244 e. The number of nitrogens with two attached hydrogens (primary N) is 1. The van der Waals surface area contributed by atoms with E-state index in [2.05, 4.69) is 58.8 Å². The monoisotopic (exact) mass is 516 g/mol. The van der Waals surface area contributed by atoms with E-state index in [0.717, 1.165) is 38.0 Å². The van der Waals surface area contributed by atoms with Crippen molar-refractivity contribution < 1.29 is 9.90 Å². The van der Waals surface area contributed by atoms with Crippen LogP contribution >= 0.6 is 23.1 Å². The minimum absolute atomic E-state index is 0.0371. The fraction of sp³-hybridized carbons (Fsp3) is 0.321. The standard InChI is InChI=1S/C28H28N4O2S2/c1-27(34)15-28(29,16-27)20-9-7-17(8-10-20)23-24(18-5-3-2-4-6-18)36-26(32-23)21-14-31-25(35-21)19-11-12-30-22(33)13-19/h2-10,13-14,23-24,34H,11-12,15-16,29H2,1H3,(H,30,33). The molecule has 8 heteroatoms. The SMILES string of the molecule is CC1(O)CC(N)(c2ccc(C3N=C(c4cnc(C5=CC(=O)NCC5)s4)SC3c3ccccc3)cc2)C1. The van der Waals surface area contributed by atoms with Crippen LogP contribution in [-0.2, 0) is 10.3 Å². The first-order valence-corrected chi connectivity index (χ1v) is 13.9. The summed E-state index contributed by atoms with van der Waals surface area (Å²) < 4.78 is 0. The average Bonchev–Trinajstić information content (AvgIpc) is 3.51. The number of nitrogens with one attached hydrogen (secondary N) is 1. The first kappa shape index (κ1) is 23.6. The fourth-order valence-electron chi connectivity index (χ4n) is 5.49. The Hall–Kier alpha value is -2.78. The number of aliphatic hydroxyl groups is 1. The largest absolute Gasteiger partial charge is 0.390 e. The molecule has 1 amide bonds. The molecule has 1 saturated carbocycles. The van der Waals surface area contributed by atoms with Crippen LogP contribution in [0, 0.1) is 0 Å². The third-order valence-corrected chi connectivity index (χ3v) is 9.66. The van der Waals surface area contributed by atoms with E-state index in [9.17, 15) is 9.90 Å². The van der Waals surface area contributed by atoms with Gasteiger partial charge in [0.2, 0.25) is 5.91 Å². The predicted octanol–water partition coefficient (Wildman–Crippen LogP) is 4.72. The minimum Gasteiger partial charge on any atom is -0.390 e. The lowest BCUT2D eigenvalue weighted by Gasteiger charge is -2.49. The van der Waals surface area contributed by atoms with Gasteiger partial charge in [0.25, 0.3) is 0 Å². The molecular weight excluding hydrogens is 488 g/mol. The van der Waals surface area contributed by atoms with Crippen molar-refractivity contribution in [3.63, 3.8) is 0 Å². The van der Waals surface area contributed by atoms with E-state index in [1.807, 2.05) is 19.2 Å². The molecule has 0 bridgehead atoms. The summed E-state index contributed by atoms with van der Waals surface area (Å²) in [6, 6.07) is 18.9. The summed E-state index contributed by atoms with van der Waals surface area (Å²) >= 11 is 3.37. The highest BCUT2D eigenvalue weighted by atomic mass is 32.2. The lowest BCUT2D eigenvalue weighted by molar-refractivity contribution is -0.116. The predicted molar refractivity (Wildman–Crippen MR) is 146 cm³/mol. The topological polar surface area (TPSA) is 101 Å². The van der Waals surface area contributed by atoms with Crippen molar-refractivity contribution in [2.45, 2.75) is 48.6 Å². The van der Waals surface area contributed by atoms with Crippen LogP contribution in [0.3, 0.4) is 0 Å². The second kappa shape index (κ2) is 8.95. The summed E-state index contributed by atoms with van der Waals surface area (Å²) in [6.07, 6.45) is 5.46. The van der Waals surface area contributed by atoms with E-state index >= 15 is 0 Å². The van der Waals surface area contributed by atoms with Crippen LogP contribution in [0.25, 0.3) is 5.57 Å². The quantitative estimate of drug-likeness (QED) is 0.456. The van der Waals surface area contributed by atoms with Gasteiger partial charge < -0.3 is 16.2 Å². The Morgan fingerprint density at radius 3 is 2.53 bits per heavy atom. The summed E-state index contributed by atoms with van der Waals surface area (Å²) in [5.41, 5.74) is 9.83. The molecule has 4 N–H and O–H groups in total. The Morgan fingerprint density at radius 1 is 1.08 bits per heavy atom. The Labute approximate surface area is 218 Å². The maximum Gasteiger partial charge on any atom is 0.244 e. The second-order valence-corrected chi connectivity index (χ2v) is 12.4. The molecule has 3 heterocycles. The zero-order valence-electron chi connectivity index (χ0n) is 20.0. The van der Waals surface area contributed by atoms with E-state index in [-0.39, 0.29) is 17.2 Å². The maximum absolute atomic E-state index is 11.8. The Bertz CT molecular complexity index is 1350. The van der Waals surface area contributed by atoms with Crippen LogP contribution in [-0.4, -0.2) is 33.2 Å². The van der Waals surface area contributed by atoms with Crippen LogP contribution in [0.1, 0.15) is 64.1 Å². The Kier molecular flexibility index (Phi) is 5.87. The number of thiazole rings is 1. The van der Waals surface area contributed by atoms with Crippen LogP contribution in [0.4, 0.5) is 0 Å². The fourth-order valence-corrected chi connectivity index (χ4v) is 7.83. The highest BCUT2D eigenvalue weighted by Crippen LogP contribution is 2.51. The van der Waals surface area contributed by atoms with Gasteiger partial charge in [0, 0.05) is 24.4 Å². The molecule has 1 aliphatic carbocycles. The number of carbonyl (C=O) groups excluding carboxylic acids is 1. The molecule has 6 rings (SSSR count). The van der Waals surface area contributed by atoms with Gasteiger partial charge in [0.05, 0.1) is 21.8 Å². The van der Waals surface area contributed by atoms with Crippen molar-refractivity contribution in [1.29, 1.82) is 0 Å². The highest BCUT2D eigenvalue weighted by Gasteiger charge is 2.49. The number of carbonyl (C=O) groups is 1. The van der Waals surface area contributed by atoms with Gasteiger partial charge >= 0.3 is 0 Å². The van der Waals surface area contributed by atoms with Crippen molar-refractivity contribution in [3.05, 3.63) is 93.4 Å². The molecule has 3 aromatic rings. The Balaban J connectivity index is 1.30. The molecule has 0 spiro atoms. The molecule has 2 aromatic carbocycles. The van der Waals surface area contributed by atoms with E-state index in [0.29, 0.717) is 19.4 Å². The third-order valence-electron chi connectivity index (χ3n) is 7.12. The van der Waals surface area contributed by atoms with Crippen molar-refractivity contribution in [1.82, 2.24) is 10.3 Å². The number of hydrogen-bond acceptors (Lipinski definition) is 7. The molecule has 2 aliphatic heterocycles. The van der Waals surface area contributed by atoms with Gasteiger partial charge in [-0.05, 0) is 48.4 Å². The number of aromatic nitrogens is 1. The molecule has 36 heavy (non-hydrogen) atoms. The van der Waals surface area contributed by atoms with Crippen molar-refractivity contribution >= 4 is 39.6 Å². The Morgan fingerprint density at radius 2 is 1.83 bits per heavy atom. The molecule has 1 fully saturated rings. The summed E-state index contributed by atoms with van der Waals surface area (Å²) in [5, 5.41) is 15.0. The highest BCUT2D eigenvalue weighted by molar-refractivity contribution is 8.15. The summed E-state index contributed by atoms with van der Waals surface area (Å²) in [5.74, 6) is -0.0574. The second-order valence-electron chi connectivity index (χ2n) is 10.2. The number of aliphatic imine (C=N–C) groups is 1. The lowest BCUT2D eigenvalue weighted by atomic mass is 9.63. The van der Waals surface area contributed by atoms with Gasteiger partial charge in [-0.25, -0.2) is 4.98 Å². The summed E-state index contributed by atoms with van der Waals surface area (Å²) in [7, 11) is 0. The third kappa shape index (κ3) is 4.43. The van der Waals surface area contributed by atoms with Gasteiger partial charge in [0.15, 0.2) is 0 Å². The van der Waals surface area contributed by atoms with E-state index in [1.165, 1.54) is 5.56 Å². The van der Waals surface area contributed by atoms with E-state index in [4.69, 9.17) is 10.7 Å². The average molecular weight is 517 g/mol. The van der Waals surface area contributed by atoms with Gasteiger partial charge in [0.1, 0.15) is 10.1 Å². The van der Waals surface area contributed by atoms with Crippen molar-refractivity contribution in [3.8, 4) is 0 Å². The number of amides is 1. The first-order valence-electron chi connectivity index (χ1n) is 12.2. The minimum atomic E-state index is -0.682. The number of rotatable bonds is 5. The number of hydrogen-bond donors (Lipinski definition) is 3. The summed E-state index contributed by atoms with van der Waals surface area (Å²) in [4.78, 5) is 22.6. The van der Waals surface area contributed by atoms with Crippen LogP contribution in [0.2, 0.25) is 0 Å². The molecular formula is C28H28N4O2S2. The molecule has 1 aromatic heterocycles. The van der Waals surface area contributed by atoms with Crippen molar-refractivity contribution in [2.75, 3.05) is 6.54 Å². The van der Waals surface area contributed by atoms with Crippen LogP contribution in [0.5, 0.6) is 0 Å². The van der Waals surface area contributed by atoms with Crippen LogP contribution < -0.4 is 11.1 Å². The van der Waals surface area contributed by atoms with Crippen LogP contribution in [0.15, 0.2) is 71.9 Å². The zero-order valence-corrected chi connectivity index (χ0v) is 21.6. The zero-order chi connectivity index (χ0) is 24.9. The molecule has 3 aliphatic rings. The number of benzene rings is 2. The molecule has 0 saturated heterocycles. The molecule has 2 atom stereocenters. The summed E-state index contributed by atoms with van der Waals surface area (Å²) in [6.45, 7) is 2.48. The van der Waals surface area contributed by atoms with Gasteiger partial charge in [-0.1, -0.05) is 66.4 Å². The maximum atomic E-state index is 11.8. The molecule has 184 valence electrons. The molecule has 0 radical (unpaired) electrons.